The molecule has 0 N–H and O–H groups in total. The van der Waals surface area contributed by atoms with Gasteiger partial charge in [0.15, 0.2) is 5.13 Å². The van der Waals surface area contributed by atoms with Gasteiger partial charge in [-0.3, -0.25) is 19.1 Å². The SMILES string of the molecule is CCn1nc(C)cc1C(=O)N(CCn1cccn1)c1nc2c(C)cc(C)cc2s1. The van der Waals surface area contributed by atoms with E-state index in [9.17, 15) is 4.79 Å². The Morgan fingerprint density at radius 2 is 2.03 bits per heavy atom. The van der Waals surface area contributed by atoms with Gasteiger partial charge in [0.05, 0.1) is 22.5 Å². The van der Waals surface area contributed by atoms with E-state index in [1.54, 1.807) is 27.1 Å². The number of fused-ring (bicyclic) bond motifs is 1. The molecule has 7 nitrogen and oxygen atoms in total. The zero-order valence-corrected chi connectivity index (χ0v) is 17.9. The average molecular weight is 409 g/mol. The molecule has 0 aliphatic rings. The van der Waals surface area contributed by atoms with Gasteiger partial charge in [-0.05, 0) is 57.0 Å². The lowest BCUT2D eigenvalue weighted by Gasteiger charge is -2.20. The summed E-state index contributed by atoms with van der Waals surface area (Å²) < 4.78 is 4.67. The first-order valence-electron chi connectivity index (χ1n) is 9.67. The molecule has 1 aromatic carbocycles. The first-order valence-corrected chi connectivity index (χ1v) is 10.5. The predicted molar refractivity (Wildman–Crippen MR) is 116 cm³/mol. The molecular weight excluding hydrogens is 384 g/mol. The van der Waals surface area contributed by atoms with Crippen molar-refractivity contribution in [2.24, 2.45) is 0 Å². The summed E-state index contributed by atoms with van der Waals surface area (Å²) in [6.07, 6.45) is 3.64. The Morgan fingerprint density at radius 1 is 1.21 bits per heavy atom. The van der Waals surface area contributed by atoms with Gasteiger partial charge in [-0.1, -0.05) is 17.4 Å². The van der Waals surface area contributed by atoms with Crippen molar-refractivity contribution in [2.45, 2.75) is 40.8 Å². The predicted octanol–water partition coefficient (Wildman–Crippen LogP) is 3.98. The fraction of sp³-hybridized carbons (Fsp3) is 0.333. The van der Waals surface area contributed by atoms with Crippen LogP contribution in [-0.4, -0.2) is 37.0 Å². The molecule has 150 valence electrons. The number of aromatic nitrogens is 5. The van der Waals surface area contributed by atoms with Crippen LogP contribution >= 0.6 is 11.3 Å². The number of benzene rings is 1. The van der Waals surface area contributed by atoms with Crippen LogP contribution in [0.1, 0.15) is 34.2 Å². The lowest BCUT2D eigenvalue weighted by Crippen LogP contribution is -2.35. The van der Waals surface area contributed by atoms with Crippen LogP contribution in [0.25, 0.3) is 10.2 Å². The first-order chi connectivity index (χ1) is 14.0. The van der Waals surface area contributed by atoms with Gasteiger partial charge in [-0.2, -0.15) is 10.2 Å². The van der Waals surface area contributed by atoms with E-state index in [4.69, 9.17) is 4.98 Å². The van der Waals surface area contributed by atoms with Gasteiger partial charge in [-0.25, -0.2) is 4.98 Å². The fourth-order valence-electron chi connectivity index (χ4n) is 3.49. The molecule has 0 aliphatic carbocycles. The molecule has 0 aliphatic heterocycles. The first kappa shape index (κ1) is 19.3. The van der Waals surface area contributed by atoms with Crippen LogP contribution in [0.15, 0.2) is 36.7 Å². The van der Waals surface area contributed by atoms with Crippen LogP contribution in [0, 0.1) is 20.8 Å². The maximum absolute atomic E-state index is 13.5. The Hall–Kier alpha value is -3.00. The van der Waals surface area contributed by atoms with Gasteiger partial charge in [0.1, 0.15) is 5.69 Å². The smallest absolute Gasteiger partial charge is 0.278 e. The molecule has 0 bridgehead atoms. The third kappa shape index (κ3) is 3.80. The van der Waals surface area contributed by atoms with Crippen LogP contribution in [-0.2, 0) is 13.1 Å². The molecule has 4 aromatic rings. The van der Waals surface area contributed by atoms with Gasteiger partial charge in [-0.15, -0.1) is 0 Å². The van der Waals surface area contributed by atoms with E-state index in [-0.39, 0.29) is 5.91 Å². The number of carbonyl (C=O) groups is 1. The molecular formula is C21H24N6OS. The number of anilines is 1. The number of hydrogen-bond donors (Lipinski definition) is 0. The lowest BCUT2D eigenvalue weighted by molar-refractivity contribution is 0.0975. The molecule has 0 saturated heterocycles. The fourth-order valence-corrected chi connectivity index (χ4v) is 4.66. The zero-order chi connectivity index (χ0) is 20.5. The van der Waals surface area contributed by atoms with E-state index in [1.165, 1.54) is 5.56 Å². The maximum Gasteiger partial charge on any atom is 0.278 e. The highest BCUT2D eigenvalue weighted by molar-refractivity contribution is 7.22. The third-order valence-electron chi connectivity index (χ3n) is 4.83. The summed E-state index contributed by atoms with van der Waals surface area (Å²) in [6.45, 7) is 9.74. The number of aryl methyl sites for hydroxylation is 4. The van der Waals surface area contributed by atoms with Crippen molar-refractivity contribution in [3.05, 3.63) is 59.2 Å². The van der Waals surface area contributed by atoms with Gasteiger partial charge >= 0.3 is 0 Å². The monoisotopic (exact) mass is 408 g/mol. The number of thiazole rings is 1. The Morgan fingerprint density at radius 3 is 2.76 bits per heavy atom. The highest BCUT2D eigenvalue weighted by Gasteiger charge is 2.25. The molecule has 8 heteroatoms. The van der Waals surface area contributed by atoms with Gasteiger partial charge in [0, 0.05) is 25.5 Å². The van der Waals surface area contributed by atoms with Crippen molar-refractivity contribution >= 4 is 32.6 Å². The van der Waals surface area contributed by atoms with E-state index in [0.29, 0.717) is 30.5 Å². The second kappa shape index (κ2) is 7.79. The van der Waals surface area contributed by atoms with Crippen molar-refractivity contribution in [3.8, 4) is 0 Å². The molecule has 1 amide bonds. The van der Waals surface area contributed by atoms with E-state index in [2.05, 4.69) is 36.2 Å². The molecule has 0 fully saturated rings. The molecule has 0 unspecified atom stereocenters. The lowest BCUT2D eigenvalue weighted by atomic mass is 10.1. The second-order valence-corrected chi connectivity index (χ2v) is 8.15. The van der Waals surface area contributed by atoms with Crippen molar-refractivity contribution in [1.82, 2.24) is 24.5 Å². The highest BCUT2D eigenvalue weighted by atomic mass is 32.1. The van der Waals surface area contributed by atoms with Crippen LogP contribution in [0.4, 0.5) is 5.13 Å². The summed E-state index contributed by atoms with van der Waals surface area (Å²) in [5.74, 6) is -0.0898. The molecule has 0 spiro atoms. The Balaban J connectivity index is 1.75. The number of hydrogen-bond acceptors (Lipinski definition) is 5. The summed E-state index contributed by atoms with van der Waals surface area (Å²) in [5, 5.41) is 9.41. The minimum atomic E-state index is -0.0898. The van der Waals surface area contributed by atoms with E-state index in [0.717, 1.165) is 21.5 Å². The van der Waals surface area contributed by atoms with Crippen LogP contribution < -0.4 is 4.90 Å². The molecule has 0 saturated carbocycles. The highest BCUT2D eigenvalue weighted by Crippen LogP contribution is 2.32. The zero-order valence-electron chi connectivity index (χ0n) is 17.1. The largest absolute Gasteiger partial charge is 0.281 e. The van der Waals surface area contributed by atoms with E-state index >= 15 is 0 Å². The molecule has 29 heavy (non-hydrogen) atoms. The van der Waals surface area contributed by atoms with Crippen molar-refractivity contribution < 1.29 is 4.79 Å². The summed E-state index contributed by atoms with van der Waals surface area (Å²) >= 11 is 1.55. The van der Waals surface area contributed by atoms with Crippen molar-refractivity contribution in [2.75, 3.05) is 11.4 Å². The number of amides is 1. The van der Waals surface area contributed by atoms with Crippen LogP contribution in [0.3, 0.4) is 0 Å². The molecule has 3 aromatic heterocycles. The Kier molecular flexibility index (Phi) is 5.19. The summed E-state index contributed by atoms with van der Waals surface area (Å²) in [6, 6.07) is 7.97. The van der Waals surface area contributed by atoms with Gasteiger partial charge < -0.3 is 0 Å². The summed E-state index contributed by atoms with van der Waals surface area (Å²) in [5.41, 5.74) is 4.68. The molecule has 4 rings (SSSR count). The third-order valence-corrected chi connectivity index (χ3v) is 5.85. The topological polar surface area (TPSA) is 68.8 Å². The minimum absolute atomic E-state index is 0.0898. The Bertz CT molecular complexity index is 1160. The number of nitrogens with zero attached hydrogens (tertiary/aromatic N) is 6. The summed E-state index contributed by atoms with van der Waals surface area (Å²) in [7, 11) is 0. The van der Waals surface area contributed by atoms with Gasteiger partial charge in [0.2, 0.25) is 0 Å². The standard InChI is InChI=1S/C21H24N6OS/c1-5-27-17(13-16(4)24-27)20(28)26(10-9-25-8-6-7-22-25)21-23-19-15(3)11-14(2)12-18(19)29-21/h6-8,11-13H,5,9-10H2,1-4H3. The van der Waals surface area contributed by atoms with Crippen LogP contribution in [0.2, 0.25) is 0 Å². The normalized spacial score (nSPS) is 11.3. The molecule has 3 heterocycles. The van der Waals surface area contributed by atoms with Crippen molar-refractivity contribution in [3.63, 3.8) is 0 Å². The molecule has 0 radical (unpaired) electrons. The second-order valence-electron chi connectivity index (χ2n) is 7.14. The maximum atomic E-state index is 13.5. The van der Waals surface area contributed by atoms with E-state index < -0.39 is 0 Å². The van der Waals surface area contributed by atoms with Crippen LogP contribution in [0.5, 0.6) is 0 Å². The van der Waals surface area contributed by atoms with Gasteiger partial charge in [0.25, 0.3) is 5.91 Å². The number of rotatable bonds is 6. The Labute approximate surface area is 173 Å². The molecule has 0 atom stereocenters. The minimum Gasteiger partial charge on any atom is -0.281 e. The average Bonchev–Trinajstić information content (AvgIpc) is 3.41. The van der Waals surface area contributed by atoms with Crippen molar-refractivity contribution in [1.29, 1.82) is 0 Å². The van der Waals surface area contributed by atoms with E-state index in [1.807, 2.05) is 36.9 Å². The summed E-state index contributed by atoms with van der Waals surface area (Å²) in [4.78, 5) is 20.1. The number of carbonyl (C=O) groups excluding carboxylic acids is 1. The quantitative estimate of drug-likeness (QED) is 0.484.